The lowest BCUT2D eigenvalue weighted by Crippen LogP contribution is -1.99. The van der Waals surface area contributed by atoms with Gasteiger partial charge in [0.15, 0.2) is 11.5 Å². The zero-order valence-corrected chi connectivity index (χ0v) is 17.6. The minimum Gasteiger partial charge on any atom is -0.497 e. The quantitative estimate of drug-likeness (QED) is 0.406. The SMILES string of the molecule is CCOc1cccc(/C=N\Nc2nc(-c3ccc(OC)cc3OC)cs2)c1OC. The molecular weight excluding hydrogens is 390 g/mol. The Morgan fingerprint density at radius 2 is 1.93 bits per heavy atom. The highest BCUT2D eigenvalue weighted by molar-refractivity contribution is 7.14. The minimum absolute atomic E-state index is 0.561. The van der Waals surface area contributed by atoms with Gasteiger partial charge in [0, 0.05) is 22.6 Å². The van der Waals surface area contributed by atoms with E-state index in [9.17, 15) is 0 Å². The van der Waals surface area contributed by atoms with Crippen molar-refractivity contribution >= 4 is 22.7 Å². The largest absolute Gasteiger partial charge is 0.497 e. The second-order valence-corrected chi connectivity index (χ2v) is 6.64. The number of aromatic nitrogens is 1. The topological polar surface area (TPSA) is 74.2 Å². The van der Waals surface area contributed by atoms with Gasteiger partial charge >= 0.3 is 0 Å². The molecule has 0 amide bonds. The van der Waals surface area contributed by atoms with Crippen molar-refractivity contribution in [1.82, 2.24) is 4.98 Å². The number of thiazole rings is 1. The predicted molar refractivity (Wildman–Crippen MR) is 116 cm³/mol. The lowest BCUT2D eigenvalue weighted by atomic mass is 10.1. The van der Waals surface area contributed by atoms with Gasteiger partial charge in [-0.15, -0.1) is 11.3 Å². The number of hydrazone groups is 1. The molecule has 8 heteroatoms. The summed E-state index contributed by atoms with van der Waals surface area (Å²) < 4.78 is 21.7. The van der Waals surface area contributed by atoms with Crippen molar-refractivity contribution in [3.05, 3.63) is 47.3 Å². The molecule has 0 aliphatic carbocycles. The Hall–Kier alpha value is -3.26. The first kappa shape index (κ1) is 20.5. The molecule has 0 aliphatic rings. The number of benzene rings is 2. The Balaban J connectivity index is 1.76. The van der Waals surface area contributed by atoms with Gasteiger partial charge in [-0.25, -0.2) is 4.98 Å². The summed E-state index contributed by atoms with van der Waals surface area (Å²) in [5, 5.41) is 6.89. The Kier molecular flexibility index (Phi) is 6.91. The van der Waals surface area contributed by atoms with Crippen LogP contribution in [0.1, 0.15) is 12.5 Å². The number of methoxy groups -OCH3 is 3. The first-order chi connectivity index (χ1) is 14.2. The zero-order valence-electron chi connectivity index (χ0n) is 16.8. The molecule has 0 bridgehead atoms. The van der Waals surface area contributed by atoms with Gasteiger partial charge in [0.1, 0.15) is 11.5 Å². The Morgan fingerprint density at radius 3 is 2.66 bits per heavy atom. The smallest absolute Gasteiger partial charge is 0.203 e. The van der Waals surface area contributed by atoms with Gasteiger partial charge in [-0.05, 0) is 31.2 Å². The van der Waals surface area contributed by atoms with Crippen LogP contribution in [0.2, 0.25) is 0 Å². The van der Waals surface area contributed by atoms with E-state index in [1.807, 2.05) is 48.7 Å². The van der Waals surface area contributed by atoms with Crippen LogP contribution in [0.15, 0.2) is 46.9 Å². The van der Waals surface area contributed by atoms with Crippen LogP contribution in [0.3, 0.4) is 0 Å². The highest BCUT2D eigenvalue weighted by Gasteiger charge is 2.11. The number of hydrogen-bond acceptors (Lipinski definition) is 8. The molecule has 0 saturated carbocycles. The van der Waals surface area contributed by atoms with Gasteiger partial charge in [-0.2, -0.15) is 5.10 Å². The highest BCUT2D eigenvalue weighted by atomic mass is 32.1. The maximum Gasteiger partial charge on any atom is 0.203 e. The van der Waals surface area contributed by atoms with E-state index in [1.165, 1.54) is 11.3 Å². The van der Waals surface area contributed by atoms with Gasteiger partial charge in [-0.3, -0.25) is 5.43 Å². The van der Waals surface area contributed by atoms with Gasteiger partial charge < -0.3 is 18.9 Å². The predicted octanol–water partition coefficient (Wildman–Crippen LogP) is 4.68. The van der Waals surface area contributed by atoms with Crippen LogP contribution < -0.4 is 24.4 Å². The Morgan fingerprint density at radius 1 is 1.07 bits per heavy atom. The second kappa shape index (κ2) is 9.79. The number of rotatable bonds is 9. The van der Waals surface area contributed by atoms with Crippen LogP contribution in [0.5, 0.6) is 23.0 Å². The summed E-state index contributed by atoms with van der Waals surface area (Å²) in [6, 6.07) is 11.3. The molecule has 1 heterocycles. The van der Waals surface area contributed by atoms with Crippen molar-refractivity contribution in [1.29, 1.82) is 0 Å². The molecule has 7 nitrogen and oxygen atoms in total. The molecule has 0 spiro atoms. The average molecular weight is 413 g/mol. The second-order valence-electron chi connectivity index (χ2n) is 5.79. The van der Waals surface area contributed by atoms with Crippen molar-refractivity contribution in [3.63, 3.8) is 0 Å². The van der Waals surface area contributed by atoms with Crippen LogP contribution in [-0.2, 0) is 0 Å². The van der Waals surface area contributed by atoms with E-state index in [1.54, 1.807) is 27.5 Å². The third-order valence-electron chi connectivity index (χ3n) is 4.07. The molecule has 3 rings (SSSR count). The fourth-order valence-electron chi connectivity index (χ4n) is 2.74. The fourth-order valence-corrected chi connectivity index (χ4v) is 3.40. The first-order valence-corrected chi connectivity index (χ1v) is 9.84. The molecule has 0 aliphatic heterocycles. The van der Waals surface area contributed by atoms with E-state index in [0.717, 1.165) is 22.6 Å². The van der Waals surface area contributed by atoms with Gasteiger partial charge in [0.25, 0.3) is 0 Å². The molecule has 0 unspecified atom stereocenters. The lowest BCUT2D eigenvalue weighted by molar-refractivity contribution is 0.311. The summed E-state index contributed by atoms with van der Waals surface area (Å²) in [5.41, 5.74) is 5.44. The molecule has 2 aromatic carbocycles. The molecule has 1 N–H and O–H groups in total. The number of nitrogens with zero attached hydrogens (tertiary/aromatic N) is 2. The molecule has 0 atom stereocenters. The summed E-state index contributed by atoms with van der Waals surface area (Å²) in [7, 11) is 4.85. The lowest BCUT2D eigenvalue weighted by Gasteiger charge is -2.11. The molecule has 152 valence electrons. The third kappa shape index (κ3) is 4.78. The third-order valence-corrected chi connectivity index (χ3v) is 4.81. The van der Waals surface area contributed by atoms with Crippen molar-refractivity contribution in [2.45, 2.75) is 6.92 Å². The van der Waals surface area contributed by atoms with Gasteiger partial charge in [-0.1, -0.05) is 6.07 Å². The van der Waals surface area contributed by atoms with Crippen LogP contribution in [0.4, 0.5) is 5.13 Å². The summed E-state index contributed by atoms with van der Waals surface area (Å²) >= 11 is 1.45. The molecule has 3 aromatic rings. The standard InChI is InChI=1S/C21H23N3O4S/c1-5-28-18-8-6-7-14(20(18)27-4)12-22-24-21-23-17(13-29-21)16-10-9-15(25-2)11-19(16)26-3/h6-13H,5H2,1-4H3,(H,23,24)/b22-12-. The Bertz CT molecular complexity index is 988. The summed E-state index contributed by atoms with van der Waals surface area (Å²) in [4.78, 5) is 4.58. The molecule has 29 heavy (non-hydrogen) atoms. The molecule has 1 aromatic heterocycles. The maximum atomic E-state index is 5.59. The summed E-state index contributed by atoms with van der Waals surface area (Å²) in [6.45, 7) is 2.49. The van der Waals surface area contributed by atoms with E-state index in [-0.39, 0.29) is 0 Å². The Labute approximate surface area is 173 Å². The van der Waals surface area contributed by atoms with Crippen molar-refractivity contribution in [3.8, 4) is 34.3 Å². The number of hydrogen-bond donors (Lipinski definition) is 1. The van der Waals surface area contributed by atoms with E-state index in [2.05, 4.69) is 15.5 Å². The summed E-state index contributed by atoms with van der Waals surface area (Å²) in [5.74, 6) is 2.75. The van der Waals surface area contributed by atoms with E-state index < -0.39 is 0 Å². The molecule has 0 radical (unpaired) electrons. The molecule has 0 fully saturated rings. The first-order valence-electron chi connectivity index (χ1n) is 8.97. The number of anilines is 1. The summed E-state index contributed by atoms with van der Waals surface area (Å²) in [6.07, 6.45) is 1.68. The van der Waals surface area contributed by atoms with Crippen LogP contribution in [-0.4, -0.2) is 39.1 Å². The minimum atomic E-state index is 0.561. The van der Waals surface area contributed by atoms with Crippen LogP contribution in [0, 0.1) is 0 Å². The zero-order chi connectivity index (χ0) is 20.6. The van der Waals surface area contributed by atoms with Crippen molar-refractivity contribution in [2.75, 3.05) is 33.4 Å². The molecule has 0 saturated heterocycles. The average Bonchev–Trinajstić information content (AvgIpc) is 3.22. The number of para-hydroxylation sites is 1. The van der Waals surface area contributed by atoms with Gasteiger partial charge in [0.05, 0.1) is 39.8 Å². The normalized spacial score (nSPS) is 10.8. The van der Waals surface area contributed by atoms with Crippen LogP contribution >= 0.6 is 11.3 Å². The van der Waals surface area contributed by atoms with E-state index >= 15 is 0 Å². The monoisotopic (exact) mass is 413 g/mol. The van der Waals surface area contributed by atoms with Crippen molar-refractivity contribution < 1.29 is 18.9 Å². The molecular formula is C21H23N3O4S. The number of nitrogens with one attached hydrogen (secondary N) is 1. The van der Waals surface area contributed by atoms with Crippen molar-refractivity contribution in [2.24, 2.45) is 5.10 Å². The van der Waals surface area contributed by atoms with Gasteiger partial charge in [0.2, 0.25) is 5.13 Å². The number of ether oxygens (including phenoxy) is 4. The van der Waals surface area contributed by atoms with E-state index in [0.29, 0.717) is 29.0 Å². The highest BCUT2D eigenvalue weighted by Crippen LogP contribution is 2.35. The van der Waals surface area contributed by atoms with E-state index in [4.69, 9.17) is 18.9 Å². The van der Waals surface area contributed by atoms with Crippen LogP contribution in [0.25, 0.3) is 11.3 Å². The fraction of sp³-hybridized carbons (Fsp3) is 0.238. The maximum absolute atomic E-state index is 5.59.